The number of hydrogen-bond acceptors (Lipinski definition) is 7. The summed E-state index contributed by atoms with van der Waals surface area (Å²) in [4.78, 5) is 26.9. The van der Waals surface area contributed by atoms with Gasteiger partial charge in [0, 0.05) is 48.9 Å². The Hall–Kier alpha value is -2.31. The van der Waals surface area contributed by atoms with Gasteiger partial charge in [-0.1, -0.05) is 0 Å². The number of nitrogens with one attached hydrogen (secondary N) is 2. The number of anilines is 1. The van der Waals surface area contributed by atoms with E-state index in [1.54, 1.807) is 12.1 Å². The number of benzene rings is 1. The number of likely N-dealkylation sites (tertiary alicyclic amines) is 1. The van der Waals surface area contributed by atoms with Crippen LogP contribution in [0.4, 0.5) is 5.69 Å². The molecule has 0 bridgehead atoms. The van der Waals surface area contributed by atoms with Gasteiger partial charge in [0.1, 0.15) is 0 Å². The molecular formula is C22H28N4O5S2. The highest BCUT2D eigenvalue weighted by Gasteiger charge is 2.26. The van der Waals surface area contributed by atoms with Gasteiger partial charge in [-0.15, -0.1) is 0 Å². The zero-order valence-corrected chi connectivity index (χ0v) is 19.9. The van der Waals surface area contributed by atoms with Gasteiger partial charge < -0.3 is 15.4 Å². The van der Waals surface area contributed by atoms with Gasteiger partial charge in [0.25, 0.3) is 5.91 Å². The number of rotatable bonds is 7. The van der Waals surface area contributed by atoms with Crippen LogP contribution in [-0.2, 0) is 19.6 Å². The van der Waals surface area contributed by atoms with Crippen molar-refractivity contribution in [1.29, 1.82) is 0 Å². The molecule has 1 aromatic heterocycles. The molecule has 0 aliphatic carbocycles. The third-order valence-corrected chi connectivity index (χ3v) is 8.42. The number of thiophene rings is 1. The van der Waals surface area contributed by atoms with E-state index in [0.717, 1.165) is 25.9 Å². The van der Waals surface area contributed by atoms with Crippen molar-refractivity contribution in [2.24, 2.45) is 0 Å². The van der Waals surface area contributed by atoms with Crippen LogP contribution in [0.15, 0.2) is 46.0 Å². The summed E-state index contributed by atoms with van der Waals surface area (Å²) >= 11 is 1.50. The minimum Gasteiger partial charge on any atom is -0.379 e. The van der Waals surface area contributed by atoms with Crippen molar-refractivity contribution in [3.05, 3.63) is 46.7 Å². The molecule has 2 N–H and O–H groups in total. The highest BCUT2D eigenvalue weighted by Crippen LogP contribution is 2.20. The maximum absolute atomic E-state index is 12.7. The fourth-order valence-electron chi connectivity index (χ4n) is 3.95. The molecule has 4 rings (SSSR count). The fraction of sp³-hybridized carbons (Fsp3) is 0.455. The Morgan fingerprint density at radius 1 is 1.03 bits per heavy atom. The van der Waals surface area contributed by atoms with Gasteiger partial charge >= 0.3 is 0 Å². The standard InChI is InChI=1S/C22H28N4O5S2/c27-21(15-25-8-5-19(6-9-25)24-22(28)17-7-14-32-16-17)23-18-1-3-20(4-2-18)33(29,30)26-10-12-31-13-11-26/h1-4,7,14,16,19H,5-6,8-13,15H2,(H,23,27)(H,24,28). The van der Waals surface area contributed by atoms with Crippen LogP contribution in [0.25, 0.3) is 0 Å². The van der Waals surface area contributed by atoms with Crippen molar-refractivity contribution in [2.75, 3.05) is 51.3 Å². The number of hydrogen-bond donors (Lipinski definition) is 2. The van der Waals surface area contributed by atoms with Crippen molar-refractivity contribution in [3.8, 4) is 0 Å². The average Bonchev–Trinajstić information content (AvgIpc) is 3.37. The monoisotopic (exact) mass is 492 g/mol. The van der Waals surface area contributed by atoms with Crippen LogP contribution >= 0.6 is 11.3 Å². The first-order valence-electron chi connectivity index (χ1n) is 10.9. The Bertz CT molecular complexity index is 1040. The van der Waals surface area contributed by atoms with Crippen LogP contribution < -0.4 is 10.6 Å². The number of sulfonamides is 1. The Morgan fingerprint density at radius 3 is 2.36 bits per heavy atom. The summed E-state index contributed by atoms with van der Waals surface area (Å²) in [6, 6.07) is 8.17. The van der Waals surface area contributed by atoms with Gasteiger partial charge in [-0.25, -0.2) is 8.42 Å². The highest BCUT2D eigenvalue weighted by molar-refractivity contribution is 7.89. The molecule has 9 nitrogen and oxygen atoms in total. The van der Waals surface area contributed by atoms with Crippen LogP contribution in [0.2, 0.25) is 0 Å². The van der Waals surface area contributed by atoms with Crippen molar-refractivity contribution < 1.29 is 22.7 Å². The second kappa shape index (κ2) is 10.7. The molecule has 2 amide bonds. The Balaban J connectivity index is 1.23. The zero-order valence-electron chi connectivity index (χ0n) is 18.2. The van der Waals surface area contributed by atoms with Crippen molar-refractivity contribution in [3.63, 3.8) is 0 Å². The quantitative estimate of drug-likeness (QED) is 0.608. The lowest BCUT2D eigenvalue weighted by atomic mass is 10.0. The van der Waals surface area contributed by atoms with E-state index in [9.17, 15) is 18.0 Å². The maximum Gasteiger partial charge on any atom is 0.252 e. The molecule has 2 aliphatic heterocycles. The molecule has 11 heteroatoms. The molecule has 33 heavy (non-hydrogen) atoms. The lowest BCUT2D eigenvalue weighted by Gasteiger charge is -2.31. The van der Waals surface area contributed by atoms with Crippen LogP contribution in [0.1, 0.15) is 23.2 Å². The SMILES string of the molecule is O=C(CN1CCC(NC(=O)c2ccsc2)CC1)Nc1ccc(S(=O)(=O)N2CCOCC2)cc1. The molecule has 3 heterocycles. The fourth-order valence-corrected chi connectivity index (χ4v) is 5.99. The second-order valence-electron chi connectivity index (χ2n) is 8.12. The molecule has 2 saturated heterocycles. The average molecular weight is 493 g/mol. The third-order valence-electron chi connectivity index (χ3n) is 5.82. The van der Waals surface area contributed by atoms with E-state index in [1.165, 1.54) is 27.8 Å². The predicted octanol–water partition coefficient (Wildman–Crippen LogP) is 1.60. The summed E-state index contributed by atoms with van der Waals surface area (Å²) in [5.74, 6) is -0.203. The first kappa shape index (κ1) is 23.8. The summed E-state index contributed by atoms with van der Waals surface area (Å²) in [5, 5.41) is 9.60. The number of carbonyl (C=O) groups is 2. The van der Waals surface area contributed by atoms with Gasteiger partial charge in [-0.2, -0.15) is 15.6 Å². The van der Waals surface area contributed by atoms with E-state index in [4.69, 9.17) is 4.74 Å². The lowest BCUT2D eigenvalue weighted by molar-refractivity contribution is -0.117. The highest BCUT2D eigenvalue weighted by atomic mass is 32.2. The van der Waals surface area contributed by atoms with E-state index in [2.05, 4.69) is 15.5 Å². The van der Waals surface area contributed by atoms with Gasteiger partial charge in [-0.3, -0.25) is 14.5 Å². The van der Waals surface area contributed by atoms with Crippen molar-refractivity contribution in [1.82, 2.24) is 14.5 Å². The number of carbonyl (C=O) groups excluding carboxylic acids is 2. The molecule has 2 aliphatic rings. The number of morpholine rings is 1. The van der Waals surface area contributed by atoms with Gasteiger partial charge in [0.15, 0.2) is 0 Å². The molecule has 0 radical (unpaired) electrons. The van der Waals surface area contributed by atoms with Crippen LogP contribution in [0.3, 0.4) is 0 Å². The molecule has 2 fully saturated rings. The molecule has 2 aromatic rings. The van der Waals surface area contributed by atoms with Crippen molar-refractivity contribution in [2.45, 2.75) is 23.8 Å². The van der Waals surface area contributed by atoms with E-state index < -0.39 is 10.0 Å². The Labute approximate surface area is 197 Å². The number of nitrogens with zero attached hydrogens (tertiary/aromatic N) is 2. The Kier molecular flexibility index (Phi) is 7.76. The topological polar surface area (TPSA) is 108 Å². The normalized spacial score (nSPS) is 18.7. The largest absolute Gasteiger partial charge is 0.379 e. The van der Waals surface area contributed by atoms with Crippen molar-refractivity contribution >= 4 is 38.9 Å². The zero-order chi connectivity index (χ0) is 23.3. The molecule has 0 unspecified atom stereocenters. The predicted molar refractivity (Wildman–Crippen MR) is 126 cm³/mol. The number of ether oxygens (including phenoxy) is 1. The Morgan fingerprint density at radius 2 is 1.73 bits per heavy atom. The lowest BCUT2D eigenvalue weighted by Crippen LogP contribution is -2.46. The smallest absolute Gasteiger partial charge is 0.252 e. The summed E-state index contributed by atoms with van der Waals surface area (Å²) in [5.41, 5.74) is 1.24. The van der Waals surface area contributed by atoms with Gasteiger partial charge in [-0.05, 0) is 48.6 Å². The first-order valence-corrected chi connectivity index (χ1v) is 13.3. The molecular weight excluding hydrogens is 464 g/mol. The first-order chi connectivity index (χ1) is 15.9. The molecule has 0 saturated carbocycles. The van der Waals surface area contributed by atoms with Gasteiger partial charge in [0.05, 0.1) is 24.7 Å². The van der Waals surface area contributed by atoms with E-state index in [0.29, 0.717) is 37.6 Å². The third kappa shape index (κ3) is 6.18. The van der Waals surface area contributed by atoms with E-state index in [1.807, 2.05) is 16.8 Å². The molecule has 0 atom stereocenters. The minimum atomic E-state index is -3.56. The summed E-state index contributed by atoms with van der Waals surface area (Å²) in [6.45, 7) is 3.16. The minimum absolute atomic E-state index is 0.0495. The number of amides is 2. The van der Waals surface area contributed by atoms with E-state index in [-0.39, 0.29) is 29.3 Å². The second-order valence-corrected chi connectivity index (χ2v) is 10.8. The van der Waals surface area contributed by atoms with Gasteiger partial charge in [0.2, 0.25) is 15.9 Å². The molecule has 0 spiro atoms. The summed E-state index contributed by atoms with van der Waals surface area (Å²) in [7, 11) is -3.56. The number of piperidine rings is 1. The summed E-state index contributed by atoms with van der Waals surface area (Å²) < 4.78 is 32.0. The molecule has 178 valence electrons. The molecule has 1 aromatic carbocycles. The maximum atomic E-state index is 12.7. The summed E-state index contributed by atoms with van der Waals surface area (Å²) in [6.07, 6.45) is 1.58. The van der Waals surface area contributed by atoms with Crippen LogP contribution in [0.5, 0.6) is 0 Å². The van der Waals surface area contributed by atoms with Crippen LogP contribution in [0, 0.1) is 0 Å². The van der Waals surface area contributed by atoms with E-state index >= 15 is 0 Å². The van der Waals surface area contributed by atoms with Crippen LogP contribution in [-0.4, -0.2) is 81.4 Å².